The molecule has 3 saturated heterocycles. The van der Waals surface area contributed by atoms with Gasteiger partial charge in [-0.3, -0.25) is 9.59 Å². The van der Waals surface area contributed by atoms with Crippen LogP contribution in [0.2, 0.25) is 0 Å². The molecule has 1 saturated carbocycles. The summed E-state index contributed by atoms with van der Waals surface area (Å²) in [6, 6.07) is 3.27. The van der Waals surface area contributed by atoms with Gasteiger partial charge >= 0.3 is 0 Å². The molecule has 158 valence electrons. The summed E-state index contributed by atoms with van der Waals surface area (Å²) in [6.45, 7) is 2.82. The molecule has 0 radical (unpaired) electrons. The molecule has 7 nitrogen and oxygen atoms in total. The predicted molar refractivity (Wildman–Crippen MR) is 107 cm³/mol. The number of piperidine rings is 2. The molecule has 3 aliphatic heterocycles. The van der Waals surface area contributed by atoms with Crippen LogP contribution in [0, 0.1) is 5.92 Å². The first kappa shape index (κ1) is 19.1. The summed E-state index contributed by atoms with van der Waals surface area (Å²) in [5.74, 6) is 1.93. The maximum Gasteiger partial charge on any atom is 0.273 e. The maximum atomic E-state index is 12.9. The lowest BCUT2D eigenvalue weighted by Gasteiger charge is -2.39. The van der Waals surface area contributed by atoms with Gasteiger partial charge in [-0.25, -0.2) is 0 Å². The SMILES string of the molecule is C[C@@H]1CC(NC(=O)c2cc(C3CC3)on2)CCN1C(=O)CC1CC2CCC(C1)N2. The van der Waals surface area contributed by atoms with E-state index in [4.69, 9.17) is 4.52 Å². The van der Waals surface area contributed by atoms with Crippen molar-refractivity contribution in [2.24, 2.45) is 5.92 Å². The van der Waals surface area contributed by atoms with Crippen molar-refractivity contribution in [2.45, 2.75) is 94.8 Å². The van der Waals surface area contributed by atoms with Crippen molar-refractivity contribution in [1.29, 1.82) is 0 Å². The summed E-state index contributed by atoms with van der Waals surface area (Å²) < 4.78 is 5.29. The Labute approximate surface area is 171 Å². The van der Waals surface area contributed by atoms with E-state index >= 15 is 0 Å². The normalized spacial score (nSPS) is 34.2. The van der Waals surface area contributed by atoms with Crippen LogP contribution in [0.5, 0.6) is 0 Å². The van der Waals surface area contributed by atoms with Crippen molar-refractivity contribution in [3.05, 3.63) is 17.5 Å². The smallest absolute Gasteiger partial charge is 0.273 e. The van der Waals surface area contributed by atoms with E-state index in [9.17, 15) is 9.59 Å². The van der Waals surface area contributed by atoms with E-state index < -0.39 is 0 Å². The lowest BCUT2D eigenvalue weighted by atomic mass is 9.88. The molecule has 2 bridgehead atoms. The van der Waals surface area contributed by atoms with Crippen molar-refractivity contribution in [1.82, 2.24) is 20.7 Å². The van der Waals surface area contributed by atoms with Crippen LogP contribution in [-0.2, 0) is 4.79 Å². The molecule has 3 unspecified atom stereocenters. The third-order valence-corrected chi connectivity index (χ3v) is 7.31. The molecule has 0 aromatic carbocycles. The summed E-state index contributed by atoms with van der Waals surface area (Å²) in [4.78, 5) is 27.5. The molecule has 0 spiro atoms. The zero-order chi connectivity index (χ0) is 20.0. The Morgan fingerprint density at radius 1 is 1.17 bits per heavy atom. The van der Waals surface area contributed by atoms with Crippen LogP contribution in [0.25, 0.3) is 0 Å². The fraction of sp³-hybridized carbons (Fsp3) is 0.773. The Morgan fingerprint density at radius 3 is 2.62 bits per heavy atom. The Hall–Kier alpha value is -1.89. The van der Waals surface area contributed by atoms with Gasteiger partial charge in [0.05, 0.1) is 0 Å². The van der Waals surface area contributed by atoms with Gasteiger partial charge in [-0.1, -0.05) is 5.16 Å². The molecule has 1 aromatic rings. The number of hydrogen-bond donors (Lipinski definition) is 2. The number of likely N-dealkylation sites (tertiary alicyclic amines) is 1. The molecular formula is C22H32N4O3. The number of fused-ring (bicyclic) bond motifs is 2. The number of carbonyl (C=O) groups excluding carboxylic acids is 2. The van der Waals surface area contributed by atoms with Crippen molar-refractivity contribution < 1.29 is 14.1 Å². The molecule has 29 heavy (non-hydrogen) atoms. The quantitative estimate of drug-likeness (QED) is 0.793. The fourth-order valence-electron chi connectivity index (χ4n) is 5.60. The number of nitrogens with one attached hydrogen (secondary N) is 2. The average Bonchev–Trinajstić information content (AvgIpc) is 3.32. The molecular weight excluding hydrogens is 368 g/mol. The van der Waals surface area contributed by atoms with Crippen LogP contribution >= 0.6 is 0 Å². The lowest BCUT2D eigenvalue weighted by Crippen LogP contribution is -2.51. The number of rotatable bonds is 5. The third-order valence-electron chi connectivity index (χ3n) is 7.31. The van der Waals surface area contributed by atoms with Crippen LogP contribution in [0.3, 0.4) is 0 Å². The average molecular weight is 401 g/mol. The first-order chi connectivity index (χ1) is 14.0. The summed E-state index contributed by atoms with van der Waals surface area (Å²) in [5.41, 5.74) is 0.374. The van der Waals surface area contributed by atoms with Crippen LogP contribution in [0.1, 0.15) is 86.9 Å². The first-order valence-corrected chi connectivity index (χ1v) is 11.4. The van der Waals surface area contributed by atoms with Gasteiger partial charge in [0.1, 0.15) is 5.76 Å². The van der Waals surface area contributed by atoms with E-state index in [1.165, 1.54) is 12.8 Å². The van der Waals surface area contributed by atoms with Crippen molar-refractivity contribution >= 4 is 11.8 Å². The molecule has 2 N–H and O–H groups in total. The number of carbonyl (C=O) groups is 2. The molecule has 1 aromatic heterocycles. The Bertz CT molecular complexity index is 762. The van der Waals surface area contributed by atoms with Crippen LogP contribution in [0.15, 0.2) is 10.6 Å². The minimum absolute atomic E-state index is 0.0809. The number of amides is 2. The van der Waals surface area contributed by atoms with Gasteiger partial charge in [0.25, 0.3) is 5.91 Å². The van der Waals surface area contributed by atoms with Gasteiger partial charge in [-0.2, -0.15) is 0 Å². The summed E-state index contributed by atoms with van der Waals surface area (Å²) >= 11 is 0. The minimum Gasteiger partial charge on any atom is -0.360 e. The zero-order valence-electron chi connectivity index (χ0n) is 17.2. The van der Waals surface area contributed by atoms with Crippen molar-refractivity contribution in [2.75, 3.05) is 6.54 Å². The molecule has 5 rings (SSSR count). The van der Waals surface area contributed by atoms with Gasteiger partial charge < -0.3 is 20.1 Å². The van der Waals surface area contributed by atoms with Gasteiger partial charge in [-0.15, -0.1) is 0 Å². The third kappa shape index (κ3) is 4.20. The van der Waals surface area contributed by atoms with Crippen molar-refractivity contribution in [3.63, 3.8) is 0 Å². The van der Waals surface area contributed by atoms with Crippen LogP contribution < -0.4 is 10.6 Å². The first-order valence-electron chi connectivity index (χ1n) is 11.4. The highest BCUT2D eigenvalue weighted by Gasteiger charge is 2.37. The Balaban J connectivity index is 1.11. The topological polar surface area (TPSA) is 87.5 Å². The second-order valence-electron chi connectivity index (χ2n) is 9.70. The van der Waals surface area contributed by atoms with Gasteiger partial charge in [0.15, 0.2) is 5.69 Å². The predicted octanol–water partition coefficient (Wildman–Crippen LogP) is 2.58. The Morgan fingerprint density at radius 2 is 1.93 bits per heavy atom. The van der Waals surface area contributed by atoms with E-state index in [0.717, 1.165) is 50.8 Å². The molecule has 4 aliphatic rings. The standard InChI is InChI=1S/C22H32N4O3/c1-13-8-18(24-22(28)19-12-20(29-25-19)15-2-3-15)6-7-26(13)21(27)11-14-9-16-4-5-17(10-14)23-16/h12-18,23H,2-11H2,1H3,(H,24,28)/t13-,14?,16?,17?,18?/m1/s1. The number of aromatic nitrogens is 1. The second kappa shape index (κ2) is 7.74. The summed E-state index contributed by atoms with van der Waals surface area (Å²) in [6.07, 6.45) is 9.34. The summed E-state index contributed by atoms with van der Waals surface area (Å²) in [7, 11) is 0. The maximum absolute atomic E-state index is 12.9. The van der Waals surface area contributed by atoms with Gasteiger partial charge in [-0.05, 0) is 64.2 Å². The highest BCUT2D eigenvalue weighted by molar-refractivity contribution is 5.92. The molecule has 4 heterocycles. The van der Waals surface area contributed by atoms with E-state index in [2.05, 4.69) is 22.7 Å². The lowest BCUT2D eigenvalue weighted by molar-refractivity contribution is -0.136. The van der Waals surface area contributed by atoms with E-state index in [1.54, 1.807) is 6.07 Å². The Kier molecular flexibility index (Phi) is 5.10. The van der Waals surface area contributed by atoms with Crippen LogP contribution in [-0.4, -0.2) is 52.6 Å². The van der Waals surface area contributed by atoms with E-state index in [0.29, 0.717) is 41.9 Å². The second-order valence-corrected chi connectivity index (χ2v) is 9.70. The molecule has 1 aliphatic carbocycles. The summed E-state index contributed by atoms with van der Waals surface area (Å²) in [5, 5.41) is 10.7. The van der Waals surface area contributed by atoms with E-state index in [-0.39, 0.29) is 18.0 Å². The minimum atomic E-state index is -0.164. The van der Waals surface area contributed by atoms with E-state index in [1.807, 2.05) is 4.90 Å². The largest absolute Gasteiger partial charge is 0.360 e. The fourth-order valence-corrected chi connectivity index (χ4v) is 5.60. The van der Waals surface area contributed by atoms with Crippen LogP contribution in [0.4, 0.5) is 0 Å². The van der Waals surface area contributed by atoms with Gasteiger partial charge in [0.2, 0.25) is 5.91 Å². The molecule has 7 heteroatoms. The highest BCUT2D eigenvalue weighted by Crippen LogP contribution is 2.40. The molecule has 2 amide bonds. The zero-order valence-corrected chi connectivity index (χ0v) is 17.2. The number of hydrogen-bond acceptors (Lipinski definition) is 5. The number of nitrogens with zero attached hydrogens (tertiary/aromatic N) is 2. The van der Waals surface area contributed by atoms with Gasteiger partial charge in [0, 0.05) is 49.1 Å². The van der Waals surface area contributed by atoms with Crippen molar-refractivity contribution in [3.8, 4) is 0 Å². The highest BCUT2D eigenvalue weighted by atomic mass is 16.5. The molecule has 4 fully saturated rings. The monoisotopic (exact) mass is 400 g/mol. The molecule has 4 atom stereocenters.